The zero-order valence-corrected chi connectivity index (χ0v) is 11.6. The monoisotopic (exact) mass is 356 g/mol. The van der Waals surface area contributed by atoms with E-state index in [4.69, 9.17) is 11.6 Å². The molecule has 0 aliphatic carbocycles. The van der Waals surface area contributed by atoms with Gasteiger partial charge in [0.1, 0.15) is 10.0 Å². The molecule has 0 saturated carbocycles. The summed E-state index contributed by atoms with van der Waals surface area (Å²) in [5.41, 5.74) is 1.16. The zero-order valence-electron chi connectivity index (χ0n) is 7.04. The van der Waals surface area contributed by atoms with Crippen molar-refractivity contribution >= 4 is 56.9 Å². The minimum atomic E-state index is 0.607. The number of aryl methyl sites for hydroxylation is 1. The molecule has 0 N–H and O–H groups in total. The third kappa shape index (κ3) is 2.44. The van der Waals surface area contributed by atoms with Gasteiger partial charge in [0.2, 0.25) is 0 Å². The van der Waals surface area contributed by atoms with Crippen molar-refractivity contribution in [3.8, 4) is 10.6 Å². The maximum absolute atomic E-state index is 5.64. The van der Waals surface area contributed by atoms with Crippen LogP contribution in [0.15, 0.2) is 11.4 Å². The number of hydrogen-bond donors (Lipinski definition) is 0. The van der Waals surface area contributed by atoms with Gasteiger partial charge in [-0.05, 0) is 28.7 Å². The number of halogens is 2. The fraction of sp³-hybridized carbons (Fsp3) is 0.250. The first-order valence-electron chi connectivity index (χ1n) is 3.92. The van der Waals surface area contributed by atoms with Crippen LogP contribution in [0.4, 0.5) is 0 Å². The van der Waals surface area contributed by atoms with Crippen molar-refractivity contribution in [3.05, 3.63) is 19.3 Å². The Morgan fingerprint density at radius 2 is 2.29 bits per heavy atom. The largest absolute Gasteiger partial charge is 0.148 e. The molecule has 2 rings (SSSR count). The minimum Gasteiger partial charge on any atom is -0.143 e. The van der Waals surface area contributed by atoms with Crippen LogP contribution in [-0.4, -0.2) is 16.1 Å². The summed E-state index contributed by atoms with van der Waals surface area (Å²) in [6.07, 6.45) is 0.806. The molecule has 14 heavy (non-hydrogen) atoms. The average molecular weight is 357 g/mol. The Hall–Kier alpha value is 0.280. The Kier molecular flexibility index (Phi) is 3.75. The smallest absolute Gasteiger partial charge is 0.143 e. The molecule has 0 fully saturated rings. The zero-order chi connectivity index (χ0) is 9.97. The van der Waals surface area contributed by atoms with Crippen molar-refractivity contribution in [2.45, 2.75) is 6.42 Å². The van der Waals surface area contributed by atoms with Crippen molar-refractivity contribution in [2.24, 2.45) is 0 Å². The second-order valence-electron chi connectivity index (χ2n) is 2.58. The van der Waals surface area contributed by atoms with Gasteiger partial charge in [0.15, 0.2) is 0 Å². The molecule has 0 radical (unpaired) electrons. The summed E-state index contributed by atoms with van der Waals surface area (Å²) >= 11 is 11.3. The summed E-state index contributed by atoms with van der Waals surface area (Å²) in [5.74, 6) is 0.607. The highest BCUT2D eigenvalue weighted by molar-refractivity contribution is 14.1. The summed E-state index contributed by atoms with van der Waals surface area (Å²) in [6, 6.07) is 2.12. The van der Waals surface area contributed by atoms with Gasteiger partial charge in [-0.15, -0.1) is 33.1 Å². The first-order chi connectivity index (χ1) is 6.79. The predicted octanol–water partition coefficient (Wildman–Crippen LogP) is 3.65. The van der Waals surface area contributed by atoms with Crippen molar-refractivity contribution in [1.82, 2.24) is 10.2 Å². The molecule has 2 heterocycles. The summed E-state index contributed by atoms with van der Waals surface area (Å²) in [7, 11) is 0. The van der Waals surface area contributed by atoms with Crippen LogP contribution in [0.5, 0.6) is 0 Å². The first-order valence-corrected chi connectivity index (χ1v) is 7.23. The SMILES string of the molecule is ClCCc1nnc(-c2csc(I)c2)s1. The van der Waals surface area contributed by atoms with E-state index in [0.29, 0.717) is 5.88 Å². The fourth-order valence-electron chi connectivity index (χ4n) is 0.974. The van der Waals surface area contributed by atoms with Crippen LogP contribution in [0.2, 0.25) is 0 Å². The van der Waals surface area contributed by atoms with Crippen LogP contribution in [0.1, 0.15) is 5.01 Å². The molecule has 0 amide bonds. The molecule has 0 saturated heterocycles. The molecule has 74 valence electrons. The van der Waals surface area contributed by atoms with Gasteiger partial charge in [-0.1, -0.05) is 11.3 Å². The highest BCUT2D eigenvalue weighted by atomic mass is 127. The second-order valence-corrected chi connectivity index (χ2v) is 6.82. The second kappa shape index (κ2) is 4.87. The van der Waals surface area contributed by atoms with Crippen LogP contribution < -0.4 is 0 Å². The Morgan fingerprint density at radius 3 is 2.93 bits per heavy atom. The quantitative estimate of drug-likeness (QED) is 0.620. The molecule has 0 unspecified atom stereocenters. The molecule has 0 aliphatic rings. The van der Waals surface area contributed by atoms with E-state index in [9.17, 15) is 0 Å². The molecule has 2 aromatic heterocycles. The number of hydrogen-bond acceptors (Lipinski definition) is 4. The van der Waals surface area contributed by atoms with E-state index in [2.05, 4.69) is 44.2 Å². The molecular formula is C8H6ClIN2S2. The highest BCUT2D eigenvalue weighted by Crippen LogP contribution is 2.28. The van der Waals surface area contributed by atoms with Crippen molar-refractivity contribution < 1.29 is 0 Å². The van der Waals surface area contributed by atoms with Gasteiger partial charge in [0, 0.05) is 23.2 Å². The third-order valence-corrected chi connectivity index (χ3v) is 4.60. The Morgan fingerprint density at radius 1 is 1.43 bits per heavy atom. The van der Waals surface area contributed by atoms with E-state index in [1.54, 1.807) is 22.7 Å². The lowest BCUT2D eigenvalue weighted by Gasteiger charge is -1.85. The number of rotatable bonds is 3. The maximum Gasteiger partial charge on any atom is 0.148 e. The van der Waals surface area contributed by atoms with Crippen molar-refractivity contribution in [2.75, 3.05) is 5.88 Å². The molecule has 0 bridgehead atoms. The van der Waals surface area contributed by atoms with Crippen LogP contribution in [0.3, 0.4) is 0 Å². The molecule has 0 atom stereocenters. The van der Waals surface area contributed by atoms with E-state index < -0.39 is 0 Å². The number of alkyl halides is 1. The van der Waals surface area contributed by atoms with Crippen molar-refractivity contribution in [1.29, 1.82) is 0 Å². The normalized spacial score (nSPS) is 10.7. The molecule has 6 heteroatoms. The Labute approximate surface area is 108 Å². The third-order valence-electron chi connectivity index (χ3n) is 1.59. The first kappa shape index (κ1) is 10.8. The van der Waals surface area contributed by atoms with Gasteiger partial charge in [-0.25, -0.2) is 0 Å². The van der Waals surface area contributed by atoms with Crippen molar-refractivity contribution in [3.63, 3.8) is 0 Å². The van der Waals surface area contributed by atoms with Gasteiger partial charge in [0.25, 0.3) is 0 Å². The van der Waals surface area contributed by atoms with Crippen LogP contribution in [-0.2, 0) is 6.42 Å². The lowest BCUT2D eigenvalue weighted by molar-refractivity contribution is 0.990. The Balaban J connectivity index is 2.24. The van der Waals surface area contributed by atoms with E-state index in [1.807, 2.05) is 0 Å². The van der Waals surface area contributed by atoms with Crippen LogP contribution in [0.25, 0.3) is 10.6 Å². The van der Waals surface area contributed by atoms with Gasteiger partial charge in [-0.3, -0.25) is 0 Å². The molecule has 0 spiro atoms. The summed E-state index contributed by atoms with van der Waals surface area (Å²) in [5, 5.41) is 12.3. The Bertz CT molecular complexity index is 426. The maximum atomic E-state index is 5.64. The van der Waals surface area contributed by atoms with Gasteiger partial charge in [-0.2, -0.15) is 0 Å². The number of aromatic nitrogens is 2. The molecule has 2 aromatic rings. The van der Waals surface area contributed by atoms with Crippen LogP contribution in [0, 0.1) is 2.88 Å². The van der Waals surface area contributed by atoms with E-state index in [1.165, 1.54) is 2.88 Å². The molecule has 0 aliphatic heterocycles. The minimum absolute atomic E-state index is 0.607. The predicted molar refractivity (Wildman–Crippen MR) is 70.4 cm³/mol. The lowest BCUT2D eigenvalue weighted by Crippen LogP contribution is -1.82. The molecular weight excluding hydrogens is 351 g/mol. The average Bonchev–Trinajstić information content (AvgIpc) is 2.74. The van der Waals surface area contributed by atoms with E-state index >= 15 is 0 Å². The fourth-order valence-corrected chi connectivity index (χ4v) is 3.50. The summed E-state index contributed by atoms with van der Waals surface area (Å²) in [6.45, 7) is 0. The summed E-state index contributed by atoms with van der Waals surface area (Å²) < 4.78 is 1.27. The van der Waals surface area contributed by atoms with Gasteiger partial charge in [0.05, 0.1) is 2.88 Å². The van der Waals surface area contributed by atoms with E-state index in [-0.39, 0.29) is 0 Å². The number of thiophene rings is 1. The number of nitrogens with zero attached hydrogens (tertiary/aromatic N) is 2. The van der Waals surface area contributed by atoms with Gasteiger partial charge >= 0.3 is 0 Å². The summed E-state index contributed by atoms with van der Waals surface area (Å²) in [4.78, 5) is 0. The molecule has 2 nitrogen and oxygen atoms in total. The van der Waals surface area contributed by atoms with Crippen LogP contribution >= 0.6 is 56.9 Å². The lowest BCUT2D eigenvalue weighted by atomic mass is 10.4. The topological polar surface area (TPSA) is 25.8 Å². The molecule has 0 aromatic carbocycles. The van der Waals surface area contributed by atoms with E-state index in [0.717, 1.165) is 22.0 Å². The van der Waals surface area contributed by atoms with Gasteiger partial charge < -0.3 is 0 Å². The standard InChI is InChI=1S/C8H6ClIN2S2/c9-2-1-7-11-12-8(14-7)5-3-6(10)13-4-5/h3-4H,1-2H2. The highest BCUT2D eigenvalue weighted by Gasteiger charge is 2.07.